The number of rotatable bonds is 5. The van der Waals surface area contributed by atoms with Crippen LogP contribution in [0, 0.1) is 6.92 Å². The van der Waals surface area contributed by atoms with Crippen LogP contribution in [0.5, 0.6) is 0 Å². The van der Waals surface area contributed by atoms with E-state index in [1.54, 1.807) is 6.07 Å². The van der Waals surface area contributed by atoms with Gasteiger partial charge in [-0.3, -0.25) is 0 Å². The van der Waals surface area contributed by atoms with E-state index in [0.29, 0.717) is 5.82 Å². The van der Waals surface area contributed by atoms with Crippen LogP contribution < -0.4 is 11.1 Å². The number of nitrogens with one attached hydrogen (secondary N) is 1. The Labute approximate surface area is 120 Å². The Bertz CT molecular complexity index is 578. The summed E-state index contributed by atoms with van der Waals surface area (Å²) in [4.78, 5) is 8.72. The van der Waals surface area contributed by atoms with Crippen molar-refractivity contribution in [2.75, 3.05) is 17.6 Å². The van der Waals surface area contributed by atoms with Gasteiger partial charge in [-0.05, 0) is 24.5 Å². The third kappa shape index (κ3) is 3.70. The molecule has 20 heavy (non-hydrogen) atoms. The lowest BCUT2D eigenvalue weighted by atomic mass is 10.1. The number of aromatic nitrogens is 2. The fourth-order valence-corrected chi connectivity index (χ4v) is 2.05. The van der Waals surface area contributed by atoms with Crippen molar-refractivity contribution in [2.45, 2.75) is 33.1 Å². The van der Waals surface area contributed by atoms with Crippen molar-refractivity contribution in [3.8, 4) is 0 Å². The van der Waals surface area contributed by atoms with Gasteiger partial charge >= 0.3 is 0 Å². The quantitative estimate of drug-likeness (QED) is 0.876. The monoisotopic (exact) mass is 270 g/mol. The highest BCUT2D eigenvalue weighted by molar-refractivity contribution is 5.45. The smallest absolute Gasteiger partial charge is 0.135 e. The van der Waals surface area contributed by atoms with E-state index < -0.39 is 0 Å². The van der Waals surface area contributed by atoms with Gasteiger partial charge in [-0.2, -0.15) is 0 Å². The maximum Gasteiger partial charge on any atom is 0.135 e. The summed E-state index contributed by atoms with van der Waals surface area (Å²) < 4.78 is 0. The molecule has 0 fully saturated rings. The summed E-state index contributed by atoms with van der Waals surface area (Å²) >= 11 is 0. The van der Waals surface area contributed by atoms with E-state index in [4.69, 9.17) is 5.73 Å². The van der Waals surface area contributed by atoms with Crippen molar-refractivity contribution in [1.82, 2.24) is 9.97 Å². The first-order valence-electron chi connectivity index (χ1n) is 6.99. The van der Waals surface area contributed by atoms with Gasteiger partial charge in [0.2, 0.25) is 0 Å². The highest BCUT2D eigenvalue weighted by Gasteiger charge is 2.06. The van der Waals surface area contributed by atoms with Crippen LogP contribution in [-0.2, 0) is 6.42 Å². The van der Waals surface area contributed by atoms with Crippen molar-refractivity contribution in [2.24, 2.45) is 0 Å². The Morgan fingerprint density at radius 1 is 1.20 bits per heavy atom. The highest BCUT2D eigenvalue weighted by Crippen LogP contribution is 2.15. The first-order chi connectivity index (χ1) is 9.56. The minimum Gasteiger partial charge on any atom is -0.384 e. The first-order valence-corrected chi connectivity index (χ1v) is 6.99. The van der Waals surface area contributed by atoms with Gasteiger partial charge in [0, 0.05) is 18.5 Å². The Morgan fingerprint density at radius 2 is 1.95 bits per heavy atom. The van der Waals surface area contributed by atoms with Gasteiger partial charge in [0.15, 0.2) is 0 Å². The van der Waals surface area contributed by atoms with E-state index in [-0.39, 0.29) is 5.92 Å². The molecule has 0 amide bonds. The van der Waals surface area contributed by atoms with E-state index in [0.717, 1.165) is 24.6 Å². The molecule has 0 bridgehead atoms. The van der Waals surface area contributed by atoms with Crippen LogP contribution in [0.3, 0.4) is 0 Å². The Balaban J connectivity index is 1.99. The molecule has 106 valence electrons. The fraction of sp³-hybridized carbons (Fsp3) is 0.375. The summed E-state index contributed by atoms with van der Waals surface area (Å²) in [6, 6.07) is 10.2. The van der Waals surface area contributed by atoms with Crippen LogP contribution in [0.15, 0.2) is 30.3 Å². The van der Waals surface area contributed by atoms with Gasteiger partial charge in [0.25, 0.3) is 0 Å². The summed E-state index contributed by atoms with van der Waals surface area (Å²) in [5.74, 6) is 2.37. The van der Waals surface area contributed by atoms with Gasteiger partial charge in [0.05, 0.1) is 0 Å². The molecule has 0 aliphatic carbocycles. The van der Waals surface area contributed by atoms with Crippen LogP contribution in [0.2, 0.25) is 0 Å². The zero-order chi connectivity index (χ0) is 14.5. The predicted octanol–water partition coefficient (Wildman–Crippen LogP) is 3.15. The molecule has 0 spiro atoms. The van der Waals surface area contributed by atoms with Crippen LogP contribution >= 0.6 is 0 Å². The third-order valence-electron chi connectivity index (χ3n) is 3.24. The maximum atomic E-state index is 5.81. The predicted molar refractivity (Wildman–Crippen MR) is 83.9 cm³/mol. The summed E-state index contributed by atoms with van der Waals surface area (Å²) in [5.41, 5.74) is 8.48. The molecule has 2 aromatic rings. The number of hydrogen-bond donors (Lipinski definition) is 2. The first kappa shape index (κ1) is 14.3. The lowest BCUT2D eigenvalue weighted by Crippen LogP contribution is -2.10. The molecule has 0 atom stereocenters. The van der Waals surface area contributed by atoms with Crippen LogP contribution in [0.1, 0.15) is 36.7 Å². The number of nitrogens with zero attached hydrogens (tertiary/aromatic N) is 2. The van der Waals surface area contributed by atoms with E-state index in [9.17, 15) is 0 Å². The number of aryl methyl sites for hydroxylation is 1. The van der Waals surface area contributed by atoms with Crippen molar-refractivity contribution >= 4 is 11.6 Å². The molecule has 0 unspecified atom stereocenters. The lowest BCUT2D eigenvalue weighted by molar-refractivity contribution is 0.776. The molecule has 1 heterocycles. The summed E-state index contributed by atoms with van der Waals surface area (Å²) in [6.45, 7) is 7.09. The zero-order valence-electron chi connectivity index (χ0n) is 12.4. The van der Waals surface area contributed by atoms with Gasteiger partial charge in [0.1, 0.15) is 17.5 Å². The Morgan fingerprint density at radius 3 is 2.65 bits per heavy atom. The second-order valence-corrected chi connectivity index (χ2v) is 5.29. The molecule has 0 saturated heterocycles. The molecule has 3 N–H and O–H groups in total. The van der Waals surface area contributed by atoms with Gasteiger partial charge in [-0.15, -0.1) is 0 Å². The number of anilines is 2. The normalized spacial score (nSPS) is 10.8. The van der Waals surface area contributed by atoms with Crippen molar-refractivity contribution in [1.29, 1.82) is 0 Å². The molecule has 0 aliphatic rings. The van der Waals surface area contributed by atoms with Crippen LogP contribution in [0.25, 0.3) is 0 Å². The van der Waals surface area contributed by atoms with Crippen molar-refractivity contribution in [3.05, 3.63) is 47.3 Å². The molecule has 2 rings (SSSR count). The number of nitrogen functional groups attached to an aromatic ring is 1. The lowest BCUT2D eigenvalue weighted by Gasteiger charge is -2.11. The number of nitrogens with two attached hydrogens (primary N) is 1. The van der Waals surface area contributed by atoms with Gasteiger partial charge < -0.3 is 11.1 Å². The van der Waals surface area contributed by atoms with Crippen molar-refractivity contribution in [3.63, 3.8) is 0 Å². The average Bonchev–Trinajstić information content (AvgIpc) is 2.40. The summed E-state index contributed by atoms with van der Waals surface area (Å²) in [6.07, 6.45) is 0.966. The van der Waals surface area contributed by atoms with E-state index in [1.165, 1.54) is 11.1 Å². The topological polar surface area (TPSA) is 63.8 Å². The highest BCUT2D eigenvalue weighted by atomic mass is 15.0. The van der Waals surface area contributed by atoms with Crippen molar-refractivity contribution < 1.29 is 0 Å². The standard InChI is InChI=1S/C16H22N4/c1-11(2)16-19-14(17)10-15(20-16)18-9-8-13-7-5-4-6-12(13)3/h4-7,10-11H,8-9H2,1-3H3,(H3,17,18,19,20). The molecule has 4 heteroatoms. The average molecular weight is 270 g/mol. The largest absolute Gasteiger partial charge is 0.384 e. The summed E-state index contributed by atoms with van der Waals surface area (Å²) in [5, 5.41) is 3.33. The van der Waals surface area contributed by atoms with Crippen LogP contribution in [-0.4, -0.2) is 16.5 Å². The van der Waals surface area contributed by atoms with E-state index in [1.807, 2.05) is 0 Å². The molecule has 0 radical (unpaired) electrons. The second-order valence-electron chi connectivity index (χ2n) is 5.29. The maximum absolute atomic E-state index is 5.81. The number of hydrogen-bond acceptors (Lipinski definition) is 4. The molecular formula is C16H22N4. The SMILES string of the molecule is Cc1ccccc1CCNc1cc(N)nc(C(C)C)n1. The van der Waals surface area contributed by atoms with Gasteiger partial charge in [-0.25, -0.2) is 9.97 Å². The van der Waals surface area contributed by atoms with E-state index in [2.05, 4.69) is 60.3 Å². The third-order valence-corrected chi connectivity index (χ3v) is 3.24. The Kier molecular flexibility index (Phi) is 4.56. The molecule has 1 aromatic heterocycles. The van der Waals surface area contributed by atoms with Gasteiger partial charge in [-0.1, -0.05) is 38.1 Å². The Hall–Kier alpha value is -2.10. The van der Waals surface area contributed by atoms with E-state index >= 15 is 0 Å². The molecule has 0 saturated carbocycles. The zero-order valence-corrected chi connectivity index (χ0v) is 12.4. The molecule has 1 aromatic carbocycles. The minimum absolute atomic E-state index is 0.274. The van der Waals surface area contributed by atoms with Crippen LogP contribution in [0.4, 0.5) is 11.6 Å². The fourth-order valence-electron chi connectivity index (χ4n) is 2.05. The molecule has 0 aliphatic heterocycles. The minimum atomic E-state index is 0.274. The molecular weight excluding hydrogens is 248 g/mol. The summed E-state index contributed by atoms with van der Waals surface area (Å²) in [7, 11) is 0. The molecule has 4 nitrogen and oxygen atoms in total. The number of benzene rings is 1. The second kappa shape index (κ2) is 6.37.